The predicted molar refractivity (Wildman–Crippen MR) is 110 cm³/mol. The monoisotopic (exact) mass is 490 g/mol. The zero-order chi connectivity index (χ0) is 19.4. The fourth-order valence-electron chi connectivity index (χ4n) is 2.39. The number of phenolic OH excluding ortho intramolecular Hbond substituents is 1. The summed E-state index contributed by atoms with van der Waals surface area (Å²) < 4.78 is 14.8. The minimum absolute atomic E-state index is 0.0890. The number of hydrazone groups is 1. The Morgan fingerprint density at radius 1 is 1.04 bits per heavy atom. The van der Waals surface area contributed by atoms with Crippen LogP contribution in [-0.2, 0) is 0 Å². The quantitative estimate of drug-likeness (QED) is 0.374. The summed E-state index contributed by atoms with van der Waals surface area (Å²) in [7, 11) is 0. The Kier molecular flexibility index (Phi) is 6.03. The fourth-order valence-corrected chi connectivity index (χ4v) is 3.61. The molecule has 0 unspecified atom stereocenters. The zero-order valence-corrected chi connectivity index (χ0v) is 17.0. The third kappa shape index (κ3) is 4.61. The number of nitrogens with one attached hydrogen (secondary N) is 1. The maximum absolute atomic E-state index is 13.8. The molecule has 136 valence electrons. The van der Waals surface area contributed by atoms with Crippen LogP contribution in [0.15, 0.2) is 74.7 Å². The minimum Gasteiger partial charge on any atom is -0.506 e. The lowest BCUT2D eigenvalue weighted by atomic mass is 10.0. The summed E-state index contributed by atoms with van der Waals surface area (Å²) in [6, 6.07) is 16.4. The molecular formula is C20H13Br2FN2O2. The summed E-state index contributed by atoms with van der Waals surface area (Å²) in [5, 5.41) is 13.6. The van der Waals surface area contributed by atoms with Gasteiger partial charge in [-0.3, -0.25) is 4.79 Å². The first-order valence-corrected chi connectivity index (χ1v) is 9.40. The van der Waals surface area contributed by atoms with Crippen LogP contribution >= 0.6 is 31.9 Å². The highest BCUT2D eigenvalue weighted by atomic mass is 79.9. The molecule has 0 aliphatic rings. The van der Waals surface area contributed by atoms with E-state index in [1.165, 1.54) is 12.3 Å². The van der Waals surface area contributed by atoms with Crippen molar-refractivity contribution in [3.8, 4) is 16.9 Å². The number of carbonyl (C=O) groups is 1. The van der Waals surface area contributed by atoms with E-state index in [0.717, 1.165) is 0 Å². The number of halogens is 3. The van der Waals surface area contributed by atoms with E-state index in [9.17, 15) is 14.3 Å². The van der Waals surface area contributed by atoms with Crippen molar-refractivity contribution in [2.75, 3.05) is 0 Å². The van der Waals surface area contributed by atoms with E-state index in [-0.39, 0.29) is 17.5 Å². The van der Waals surface area contributed by atoms with Gasteiger partial charge in [-0.1, -0.05) is 30.3 Å². The molecule has 0 heterocycles. The molecule has 4 nitrogen and oxygen atoms in total. The van der Waals surface area contributed by atoms with Crippen LogP contribution in [0, 0.1) is 5.82 Å². The first kappa shape index (κ1) is 19.3. The Morgan fingerprint density at radius 2 is 1.67 bits per heavy atom. The highest BCUT2D eigenvalue weighted by Gasteiger charge is 2.08. The van der Waals surface area contributed by atoms with Crippen molar-refractivity contribution in [1.82, 2.24) is 5.43 Å². The SMILES string of the molecule is O=C(N/N=C/c1cc(Br)c(O)c(Br)c1)c1ccc(-c2ccccc2F)cc1. The van der Waals surface area contributed by atoms with Crippen molar-refractivity contribution >= 4 is 44.0 Å². The number of nitrogens with zero attached hydrogens (tertiary/aromatic N) is 1. The van der Waals surface area contributed by atoms with Gasteiger partial charge in [-0.2, -0.15) is 5.10 Å². The lowest BCUT2D eigenvalue weighted by Crippen LogP contribution is -2.17. The molecule has 0 aliphatic carbocycles. The lowest BCUT2D eigenvalue weighted by molar-refractivity contribution is 0.0955. The molecule has 0 aliphatic heterocycles. The first-order chi connectivity index (χ1) is 13.0. The largest absolute Gasteiger partial charge is 0.506 e. The molecule has 0 spiro atoms. The van der Waals surface area contributed by atoms with Gasteiger partial charge in [0.1, 0.15) is 11.6 Å². The molecule has 0 fully saturated rings. The van der Waals surface area contributed by atoms with Crippen molar-refractivity contribution in [2.24, 2.45) is 5.10 Å². The molecule has 0 aromatic heterocycles. The number of phenols is 1. The second kappa shape index (κ2) is 8.45. The Hall–Kier alpha value is -2.51. The molecule has 3 aromatic rings. The fraction of sp³-hybridized carbons (Fsp3) is 0. The topological polar surface area (TPSA) is 61.7 Å². The molecule has 27 heavy (non-hydrogen) atoms. The average molecular weight is 492 g/mol. The van der Waals surface area contributed by atoms with Crippen LogP contribution in [0.2, 0.25) is 0 Å². The number of aromatic hydroxyl groups is 1. The standard InChI is InChI=1S/C20H13Br2FN2O2/c21-16-9-12(10-17(22)19(16)26)11-24-25-20(27)14-7-5-13(6-8-14)15-3-1-2-4-18(15)23/h1-11,26H,(H,25,27)/b24-11+. The van der Waals surface area contributed by atoms with E-state index < -0.39 is 0 Å². The van der Waals surface area contributed by atoms with E-state index in [0.29, 0.717) is 31.2 Å². The first-order valence-electron chi connectivity index (χ1n) is 7.82. The highest BCUT2D eigenvalue weighted by molar-refractivity contribution is 9.11. The van der Waals surface area contributed by atoms with E-state index in [4.69, 9.17) is 0 Å². The molecule has 1 amide bonds. The van der Waals surface area contributed by atoms with Gasteiger partial charge in [0.05, 0.1) is 15.2 Å². The predicted octanol–water partition coefficient (Wildman–Crippen LogP) is 5.49. The molecule has 3 rings (SSSR count). The maximum atomic E-state index is 13.8. The molecule has 3 aromatic carbocycles. The van der Waals surface area contributed by atoms with Gasteiger partial charge in [0, 0.05) is 11.1 Å². The molecule has 0 bridgehead atoms. The summed E-state index contributed by atoms with van der Waals surface area (Å²) in [4.78, 5) is 12.2. The molecule has 7 heteroatoms. The van der Waals surface area contributed by atoms with E-state index in [1.807, 2.05) is 0 Å². The van der Waals surface area contributed by atoms with Gasteiger partial charge < -0.3 is 5.11 Å². The summed E-state index contributed by atoms with van der Waals surface area (Å²) >= 11 is 6.46. The van der Waals surface area contributed by atoms with Gasteiger partial charge in [0.25, 0.3) is 5.91 Å². The van der Waals surface area contributed by atoms with Crippen LogP contribution in [0.1, 0.15) is 15.9 Å². The number of benzene rings is 3. The van der Waals surface area contributed by atoms with Crippen molar-refractivity contribution in [1.29, 1.82) is 0 Å². The third-order valence-electron chi connectivity index (χ3n) is 3.75. The van der Waals surface area contributed by atoms with Crippen molar-refractivity contribution in [3.63, 3.8) is 0 Å². The van der Waals surface area contributed by atoms with Gasteiger partial charge in [-0.15, -0.1) is 0 Å². The number of hydrogen-bond donors (Lipinski definition) is 2. The third-order valence-corrected chi connectivity index (χ3v) is 4.96. The summed E-state index contributed by atoms with van der Waals surface area (Å²) in [5.74, 6) is -0.611. The van der Waals surface area contributed by atoms with E-state index in [2.05, 4.69) is 42.4 Å². The molecule has 0 saturated carbocycles. The van der Waals surface area contributed by atoms with Crippen molar-refractivity contribution in [3.05, 3.63) is 86.6 Å². The van der Waals surface area contributed by atoms with Gasteiger partial charge in [-0.05, 0) is 73.3 Å². The lowest BCUT2D eigenvalue weighted by Gasteiger charge is -2.05. The maximum Gasteiger partial charge on any atom is 0.271 e. The summed E-state index contributed by atoms with van der Waals surface area (Å²) in [5.41, 5.74) is 4.68. The van der Waals surface area contributed by atoms with Crippen LogP contribution in [0.4, 0.5) is 4.39 Å². The number of rotatable bonds is 4. The zero-order valence-electron chi connectivity index (χ0n) is 13.8. The number of hydrogen-bond acceptors (Lipinski definition) is 3. The van der Waals surface area contributed by atoms with Gasteiger partial charge in [0.15, 0.2) is 0 Å². The van der Waals surface area contributed by atoms with E-state index in [1.54, 1.807) is 54.6 Å². The Labute approximate surface area is 172 Å². The average Bonchev–Trinajstić information content (AvgIpc) is 2.66. The summed E-state index contributed by atoms with van der Waals surface area (Å²) in [6.07, 6.45) is 1.46. The van der Waals surface area contributed by atoms with Crippen LogP contribution in [0.3, 0.4) is 0 Å². The Balaban J connectivity index is 1.69. The highest BCUT2D eigenvalue weighted by Crippen LogP contribution is 2.32. The van der Waals surface area contributed by atoms with Crippen LogP contribution in [0.5, 0.6) is 5.75 Å². The second-order valence-corrected chi connectivity index (χ2v) is 7.30. The van der Waals surface area contributed by atoms with Crippen molar-refractivity contribution < 1.29 is 14.3 Å². The Bertz CT molecular complexity index is 998. The van der Waals surface area contributed by atoms with Gasteiger partial charge in [-0.25, -0.2) is 9.82 Å². The summed E-state index contributed by atoms with van der Waals surface area (Å²) in [6.45, 7) is 0. The second-order valence-electron chi connectivity index (χ2n) is 5.59. The van der Waals surface area contributed by atoms with Crippen molar-refractivity contribution in [2.45, 2.75) is 0 Å². The van der Waals surface area contributed by atoms with E-state index >= 15 is 0 Å². The smallest absolute Gasteiger partial charge is 0.271 e. The van der Waals surface area contributed by atoms with Gasteiger partial charge >= 0.3 is 0 Å². The van der Waals surface area contributed by atoms with Crippen LogP contribution in [0.25, 0.3) is 11.1 Å². The van der Waals surface area contributed by atoms with Crippen LogP contribution < -0.4 is 5.43 Å². The molecule has 0 saturated heterocycles. The molecular weight excluding hydrogens is 479 g/mol. The molecule has 2 N–H and O–H groups in total. The Morgan fingerprint density at radius 3 is 2.30 bits per heavy atom. The van der Waals surface area contributed by atoms with Crippen LogP contribution in [-0.4, -0.2) is 17.2 Å². The molecule has 0 radical (unpaired) electrons. The normalized spacial score (nSPS) is 10.9. The number of amides is 1. The number of carbonyl (C=O) groups excluding carboxylic acids is 1. The van der Waals surface area contributed by atoms with Gasteiger partial charge in [0.2, 0.25) is 0 Å². The molecule has 0 atom stereocenters. The minimum atomic E-state index is -0.386.